The van der Waals surface area contributed by atoms with Gasteiger partial charge in [-0.25, -0.2) is 0 Å². The summed E-state index contributed by atoms with van der Waals surface area (Å²) in [6.45, 7) is 0. The average Bonchev–Trinajstić information content (AvgIpc) is 2.15. The van der Waals surface area contributed by atoms with Gasteiger partial charge >= 0.3 is 0 Å². The standard InChI is InChI=1S/C9H9N3S.ClH/c10-5-7-1-3-8(4-2-7)6-13-9(11)12;/h1-4H,6H2,(H3,11,12);1H. The van der Waals surface area contributed by atoms with Crippen molar-refractivity contribution in [3.05, 3.63) is 35.4 Å². The van der Waals surface area contributed by atoms with Crippen LogP contribution >= 0.6 is 24.2 Å². The molecule has 3 N–H and O–H groups in total. The first kappa shape index (κ1) is 12.8. The normalized spacial score (nSPS) is 8.50. The zero-order valence-corrected chi connectivity index (χ0v) is 8.99. The lowest BCUT2D eigenvalue weighted by atomic mass is 10.2. The minimum Gasteiger partial charge on any atom is -0.379 e. The molecule has 1 aromatic rings. The number of thioether (sulfide) groups is 1. The summed E-state index contributed by atoms with van der Waals surface area (Å²) in [7, 11) is 0. The second kappa shape index (κ2) is 6.30. The predicted molar refractivity (Wildman–Crippen MR) is 61.6 cm³/mol. The monoisotopic (exact) mass is 227 g/mol. The Bertz CT molecular complexity index is 342. The number of nitriles is 1. The lowest BCUT2D eigenvalue weighted by Gasteiger charge is -1.98. The Balaban J connectivity index is 0.00000169. The van der Waals surface area contributed by atoms with Crippen LogP contribution in [0.2, 0.25) is 0 Å². The van der Waals surface area contributed by atoms with E-state index >= 15 is 0 Å². The summed E-state index contributed by atoms with van der Waals surface area (Å²) in [6, 6.07) is 9.30. The van der Waals surface area contributed by atoms with Crippen molar-refractivity contribution in [3.63, 3.8) is 0 Å². The van der Waals surface area contributed by atoms with Crippen molar-refractivity contribution in [2.24, 2.45) is 5.73 Å². The lowest BCUT2D eigenvalue weighted by molar-refractivity contribution is 1.39. The van der Waals surface area contributed by atoms with Crippen molar-refractivity contribution in [1.82, 2.24) is 0 Å². The van der Waals surface area contributed by atoms with Crippen LogP contribution in [-0.4, -0.2) is 5.17 Å². The topological polar surface area (TPSA) is 73.7 Å². The van der Waals surface area contributed by atoms with Crippen molar-refractivity contribution in [2.45, 2.75) is 5.75 Å². The van der Waals surface area contributed by atoms with Crippen molar-refractivity contribution in [1.29, 1.82) is 10.7 Å². The minimum atomic E-state index is 0. The molecule has 3 nitrogen and oxygen atoms in total. The summed E-state index contributed by atoms with van der Waals surface area (Å²) in [4.78, 5) is 0. The number of hydrogen-bond donors (Lipinski definition) is 2. The molecule has 0 aliphatic carbocycles. The van der Waals surface area contributed by atoms with Crippen LogP contribution in [-0.2, 0) is 5.75 Å². The summed E-state index contributed by atoms with van der Waals surface area (Å²) in [5, 5.41) is 15.7. The molecule has 0 saturated heterocycles. The highest BCUT2D eigenvalue weighted by molar-refractivity contribution is 8.13. The summed E-state index contributed by atoms with van der Waals surface area (Å²) in [6.07, 6.45) is 0. The van der Waals surface area contributed by atoms with E-state index in [1.807, 2.05) is 18.2 Å². The highest BCUT2D eigenvalue weighted by Gasteiger charge is 1.95. The molecule has 0 aliphatic heterocycles. The van der Waals surface area contributed by atoms with Crippen molar-refractivity contribution in [2.75, 3.05) is 0 Å². The van der Waals surface area contributed by atoms with Crippen LogP contribution in [0.15, 0.2) is 24.3 Å². The van der Waals surface area contributed by atoms with Gasteiger partial charge in [0.05, 0.1) is 11.6 Å². The van der Waals surface area contributed by atoms with Crippen LogP contribution in [0.1, 0.15) is 11.1 Å². The molecule has 0 unspecified atom stereocenters. The molecule has 0 amide bonds. The highest BCUT2D eigenvalue weighted by atomic mass is 35.5. The number of halogens is 1. The molecule has 5 heteroatoms. The van der Waals surface area contributed by atoms with Gasteiger partial charge in [0.2, 0.25) is 0 Å². The summed E-state index contributed by atoms with van der Waals surface area (Å²) < 4.78 is 0. The molecule has 14 heavy (non-hydrogen) atoms. The first-order valence-corrected chi connectivity index (χ1v) is 4.67. The van der Waals surface area contributed by atoms with E-state index in [1.54, 1.807) is 12.1 Å². The smallest absolute Gasteiger partial charge is 0.151 e. The minimum absolute atomic E-state index is 0. The number of hydrogen-bond acceptors (Lipinski definition) is 3. The van der Waals surface area contributed by atoms with Gasteiger partial charge < -0.3 is 5.73 Å². The largest absolute Gasteiger partial charge is 0.379 e. The van der Waals surface area contributed by atoms with Crippen LogP contribution < -0.4 is 5.73 Å². The molecule has 0 bridgehead atoms. The zero-order valence-electron chi connectivity index (χ0n) is 7.36. The number of nitrogens with two attached hydrogens (primary N) is 1. The third-order valence-corrected chi connectivity index (χ3v) is 2.27. The van der Waals surface area contributed by atoms with Gasteiger partial charge in [0, 0.05) is 5.75 Å². The summed E-state index contributed by atoms with van der Waals surface area (Å²) in [5.74, 6) is 0.682. The molecule has 74 valence electrons. The summed E-state index contributed by atoms with van der Waals surface area (Å²) >= 11 is 1.28. The Hall–Kier alpha value is -1.18. The number of amidine groups is 1. The Morgan fingerprint density at radius 1 is 1.43 bits per heavy atom. The second-order valence-corrected chi connectivity index (χ2v) is 3.48. The van der Waals surface area contributed by atoms with Gasteiger partial charge in [-0.05, 0) is 17.7 Å². The third kappa shape index (κ3) is 4.17. The molecule has 0 heterocycles. The van der Waals surface area contributed by atoms with E-state index in [0.29, 0.717) is 11.3 Å². The van der Waals surface area contributed by atoms with E-state index < -0.39 is 0 Å². The van der Waals surface area contributed by atoms with Gasteiger partial charge in [0.15, 0.2) is 5.17 Å². The molecular formula is C9H10ClN3S. The van der Waals surface area contributed by atoms with Crippen LogP contribution in [0.5, 0.6) is 0 Å². The summed E-state index contributed by atoms with van der Waals surface area (Å²) in [5.41, 5.74) is 6.91. The molecule has 0 aliphatic rings. The van der Waals surface area contributed by atoms with Crippen LogP contribution in [0.4, 0.5) is 0 Å². The molecule has 1 rings (SSSR count). The first-order chi connectivity index (χ1) is 6.22. The van der Waals surface area contributed by atoms with Gasteiger partial charge in [-0.15, -0.1) is 12.4 Å². The Morgan fingerprint density at radius 2 is 2.00 bits per heavy atom. The number of nitrogens with zero attached hydrogens (tertiary/aromatic N) is 1. The third-order valence-electron chi connectivity index (χ3n) is 1.48. The fourth-order valence-electron chi connectivity index (χ4n) is 0.837. The number of benzene rings is 1. The zero-order chi connectivity index (χ0) is 9.68. The van der Waals surface area contributed by atoms with Crippen LogP contribution in [0, 0.1) is 16.7 Å². The van der Waals surface area contributed by atoms with Gasteiger partial charge in [-0.3, -0.25) is 5.41 Å². The Morgan fingerprint density at radius 3 is 2.43 bits per heavy atom. The lowest BCUT2D eigenvalue weighted by Crippen LogP contribution is -2.03. The van der Waals surface area contributed by atoms with E-state index in [9.17, 15) is 0 Å². The Labute approximate surface area is 93.2 Å². The van der Waals surface area contributed by atoms with E-state index in [-0.39, 0.29) is 17.6 Å². The number of rotatable bonds is 2. The maximum atomic E-state index is 8.54. The quantitative estimate of drug-likeness (QED) is 0.600. The van der Waals surface area contributed by atoms with Gasteiger partial charge in [-0.2, -0.15) is 5.26 Å². The molecule has 0 atom stereocenters. The molecule has 0 fully saturated rings. The van der Waals surface area contributed by atoms with Crippen LogP contribution in [0.25, 0.3) is 0 Å². The van der Waals surface area contributed by atoms with Gasteiger partial charge in [-0.1, -0.05) is 23.9 Å². The molecule has 1 aromatic carbocycles. The fourth-order valence-corrected chi connectivity index (χ4v) is 1.35. The van der Waals surface area contributed by atoms with Gasteiger partial charge in [0.25, 0.3) is 0 Å². The predicted octanol–water partition coefficient (Wildman–Crippen LogP) is 2.11. The van der Waals surface area contributed by atoms with E-state index in [0.717, 1.165) is 5.56 Å². The maximum Gasteiger partial charge on any atom is 0.151 e. The van der Waals surface area contributed by atoms with E-state index in [1.165, 1.54) is 11.8 Å². The van der Waals surface area contributed by atoms with Crippen LogP contribution in [0.3, 0.4) is 0 Å². The SMILES string of the molecule is Cl.N#Cc1ccc(CSC(=N)N)cc1. The first-order valence-electron chi connectivity index (χ1n) is 3.68. The number of nitrogens with one attached hydrogen (secondary N) is 1. The van der Waals surface area contributed by atoms with Crippen molar-refractivity contribution < 1.29 is 0 Å². The molecule has 0 radical (unpaired) electrons. The molecule has 0 saturated carbocycles. The van der Waals surface area contributed by atoms with E-state index in [2.05, 4.69) is 0 Å². The second-order valence-electron chi connectivity index (χ2n) is 2.46. The van der Waals surface area contributed by atoms with E-state index in [4.69, 9.17) is 16.4 Å². The average molecular weight is 228 g/mol. The van der Waals surface area contributed by atoms with Gasteiger partial charge in [0.1, 0.15) is 0 Å². The van der Waals surface area contributed by atoms with Crippen molar-refractivity contribution >= 4 is 29.3 Å². The fraction of sp³-hybridized carbons (Fsp3) is 0.111. The van der Waals surface area contributed by atoms with Crippen molar-refractivity contribution in [3.8, 4) is 6.07 Å². The molecule has 0 aromatic heterocycles. The highest BCUT2D eigenvalue weighted by Crippen LogP contribution is 2.11. The Kier molecular flexibility index (Phi) is 5.77. The maximum absolute atomic E-state index is 8.54. The molecular weight excluding hydrogens is 218 g/mol. The molecule has 0 spiro atoms.